The lowest BCUT2D eigenvalue weighted by Crippen LogP contribution is -2.47. The van der Waals surface area contributed by atoms with Crippen LogP contribution in [0, 0.1) is 11.3 Å². The summed E-state index contributed by atoms with van der Waals surface area (Å²) < 4.78 is 38.1. The Morgan fingerprint density at radius 1 is 0.938 bits per heavy atom. The third-order valence-corrected chi connectivity index (χ3v) is 7.37. The van der Waals surface area contributed by atoms with Crippen LogP contribution in [-0.2, 0) is 11.0 Å². The molecule has 0 radical (unpaired) electrons. The monoisotopic (exact) mass is 453 g/mol. The molecule has 9 heteroatoms. The van der Waals surface area contributed by atoms with Gasteiger partial charge in [0.2, 0.25) is 5.91 Å². The summed E-state index contributed by atoms with van der Waals surface area (Å²) in [6.07, 6.45) is 0.759. The van der Waals surface area contributed by atoms with E-state index < -0.39 is 11.7 Å². The molecular formula is C23H30F3N3O3. The summed E-state index contributed by atoms with van der Waals surface area (Å²) in [7, 11) is 0. The first-order valence-electron chi connectivity index (χ1n) is 11.4. The minimum absolute atomic E-state index is 0.00296. The molecule has 6 nitrogen and oxygen atoms in total. The number of rotatable bonds is 2. The molecule has 3 amide bonds. The average Bonchev–Trinajstić information content (AvgIpc) is 3.18. The Morgan fingerprint density at radius 3 is 2.06 bits per heavy atom. The fourth-order valence-electron chi connectivity index (χ4n) is 5.24. The molecule has 2 aliphatic heterocycles. The lowest BCUT2D eigenvalue weighted by atomic mass is 9.77. The zero-order valence-corrected chi connectivity index (χ0v) is 18.0. The number of alkyl halides is 3. The standard InChI is InChI=1S/C23H30F3N3O3/c24-23(25,26)17-3-5-18(6-4-17)27-21(32)29-14-11-22(15-29)9-12-28(13-10-22)20(31)16-1-7-19(30)8-2-16/h3-6,16,19,30H,1-2,7-15H2,(H,27,32). The molecular weight excluding hydrogens is 423 g/mol. The lowest BCUT2D eigenvalue weighted by molar-refractivity contribution is -0.139. The number of hydrogen-bond acceptors (Lipinski definition) is 3. The van der Waals surface area contributed by atoms with E-state index in [1.807, 2.05) is 4.90 Å². The molecule has 1 saturated carbocycles. The number of nitrogens with one attached hydrogen (secondary N) is 1. The highest BCUT2D eigenvalue weighted by atomic mass is 19.4. The van der Waals surface area contributed by atoms with E-state index in [4.69, 9.17) is 0 Å². The first-order valence-corrected chi connectivity index (χ1v) is 11.4. The third kappa shape index (κ3) is 5.03. The maximum absolute atomic E-state index is 12.8. The second-order valence-electron chi connectivity index (χ2n) is 9.51. The van der Waals surface area contributed by atoms with Gasteiger partial charge in [0.05, 0.1) is 11.7 Å². The van der Waals surface area contributed by atoms with E-state index in [9.17, 15) is 27.9 Å². The third-order valence-electron chi connectivity index (χ3n) is 7.37. The normalized spacial score (nSPS) is 25.8. The van der Waals surface area contributed by atoms with E-state index in [0.29, 0.717) is 44.7 Å². The molecule has 0 unspecified atom stereocenters. The predicted molar refractivity (Wildman–Crippen MR) is 113 cm³/mol. The highest BCUT2D eigenvalue weighted by Gasteiger charge is 2.43. The van der Waals surface area contributed by atoms with Crippen LogP contribution in [0.1, 0.15) is 50.5 Å². The summed E-state index contributed by atoms with van der Waals surface area (Å²) in [5.74, 6) is 0.212. The van der Waals surface area contributed by atoms with Crippen molar-refractivity contribution in [2.75, 3.05) is 31.5 Å². The SMILES string of the molecule is O=C(Nc1ccc(C(F)(F)F)cc1)N1CCC2(CCN(C(=O)C3CCC(O)CC3)CC2)C1. The zero-order chi connectivity index (χ0) is 22.9. The predicted octanol–water partition coefficient (Wildman–Crippen LogP) is 4.10. The van der Waals surface area contributed by atoms with Crippen LogP contribution in [0.15, 0.2) is 24.3 Å². The van der Waals surface area contributed by atoms with E-state index >= 15 is 0 Å². The van der Waals surface area contributed by atoms with Gasteiger partial charge in [0.1, 0.15) is 0 Å². The van der Waals surface area contributed by atoms with E-state index in [0.717, 1.165) is 44.2 Å². The number of anilines is 1. The Labute approximate surface area is 185 Å². The van der Waals surface area contributed by atoms with Crippen molar-refractivity contribution in [1.82, 2.24) is 9.80 Å². The molecule has 3 aliphatic rings. The van der Waals surface area contributed by atoms with Crippen LogP contribution >= 0.6 is 0 Å². The second kappa shape index (κ2) is 8.92. The highest BCUT2D eigenvalue weighted by molar-refractivity contribution is 5.89. The van der Waals surface area contributed by atoms with Crippen molar-refractivity contribution in [3.8, 4) is 0 Å². The molecule has 2 saturated heterocycles. The van der Waals surface area contributed by atoms with Crippen LogP contribution in [0.2, 0.25) is 0 Å². The average molecular weight is 454 g/mol. The van der Waals surface area contributed by atoms with Gasteiger partial charge in [0.25, 0.3) is 0 Å². The minimum atomic E-state index is -4.40. The number of amides is 3. The van der Waals surface area contributed by atoms with Crippen LogP contribution in [0.25, 0.3) is 0 Å². The number of hydrogen-bond donors (Lipinski definition) is 2. The number of halogens is 3. The van der Waals surface area contributed by atoms with Crippen molar-refractivity contribution in [2.45, 2.75) is 57.2 Å². The molecule has 1 aromatic carbocycles. The Morgan fingerprint density at radius 2 is 1.50 bits per heavy atom. The summed E-state index contributed by atoms with van der Waals surface area (Å²) in [6, 6.07) is 4.14. The van der Waals surface area contributed by atoms with Gasteiger partial charge in [0, 0.05) is 37.8 Å². The number of likely N-dealkylation sites (tertiary alicyclic amines) is 2. The molecule has 1 aromatic rings. The van der Waals surface area contributed by atoms with E-state index in [-0.39, 0.29) is 29.4 Å². The molecule has 4 rings (SSSR count). The van der Waals surface area contributed by atoms with Gasteiger partial charge < -0.3 is 20.2 Å². The number of piperidine rings is 1. The van der Waals surface area contributed by atoms with Crippen LogP contribution in [-0.4, -0.2) is 59.1 Å². The number of aliphatic hydroxyl groups is 1. The van der Waals surface area contributed by atoms with Crippen LogP contribution in [0.4, 0.5) is 23.7 Å². The first-order chi connectivity index (χ1) is 15.2. The Kier molecular flexibility index (Phi) is 6.38. The smallest absolute Gasteiger partial charge is 0.393 e. The molecule has 32 heavy (non-hydrogen) atoms. The van der Waals surface area contributed by atoms with Gasteiger partial charge >= 0.3 is 12.2 Å². The minimum Gasteiger partial charge on any atom is -0.393 e. The van der Waals surface area contributed by atoms with E-state index in [2.05, 4.69) is 5.32 Å². The Bertz CT molecular complexity index is 827. The van der Waals surface area contributed by atoms with Crippen molar-refractivity contribution in [3.05, 3.63) is 29.8 Å². The van der Waals surface area contributed by atoms with Crippen molar-refractivity contribution in [1.29, 1.82) is 0 Å². The van der Waals surface area contributed by atoms with Crippen molar-refractivity contribution < 1.29 is 27.9 Å². The largest absolute Gasteiger partial charge is 0.416 e. The first kappa shape index (κ1) is 22.9. The molecule has 1 aliphatic carbocycles. The van der Waals surface area contributed by atoms with Gasteiger partial charge in [-0.15, -0.1) is 0 Å². The number of nitrogens with zero attached hydrogens (tertiary/aromatic N) is 2. The van der Waals surface area contributed by atoms with Gasteiger partial charge in [-0.3, -0.25) is 4.79 Å². The number of urea groups is 1. The number of carbonyl (C=O) groups is 2. The van der Waals surface area contributed by atoms with Gasteiger partial charge in [0.15, 0.2) is 0 Å². The second-order valence-corrected chi connectivity index (χ2v) is 9.51. The zero-order valence-electron chi connectivity index (χ0n) is 18.0. The summed E-state index contributed by atoms with van der Waals surface area (Å²) in [6.45, 7) is 2.57. The molecule has 0 aromatic heterocycles. The molecule has 0 bridgehead atoms. The van der Waals surface area contributed by atoms with Crippen molar-refractivity contribution in [2.24, 2.45) is 11.3 Å². The fourth-order valence-corrected chi connectivity index (χ4v) is 5.24. The van der Waals surface area contributed by atoms with E-state index in [1.54, 1.807) is 4.90 Å². The van der Waals surface area contributed by atoms with Gasteiger partial charge in [-0.2, -0.15) is 13.2 Å². The van der Waals surface area contributed by atoms with Crippen LogP contribution < -0.4 is 5.32 Å². The summed E-state index contributed by atoms with van der Waals surface area (Å²) in [5.41, 5.74) is -0.417. The molecule has 2 N–H and O–H groups in total. The van der Waals surface area contributed by atoms with Gasteiger partial charge in [-0.1, -0.05) is 0 Å². The summed E-state index contributed by atoms with van der Waals surface area (Å²) >= 11 is 0. The maximum atomic E-state index is 12.8. The summed E-state index contributed by atoms with van der Waals surface area (Å²) in [5, 5.41) is 12.4. The lowest BCUT2D eigenvalue weighted by Gasteiger charge is -2.41. The molecule has 176 valence electrons. The van der Waals surface area contributed by atoms with Crippen molar-refractivity contribution in [3.63, 3.8) is 0 Å². The Balaban J connectivity index is 1.27. The topological polar surface area (TPSA) is 72.9 Å². The van der Waals surface area contributed by atoms with Gasteiger partial charge in [-0.25, -0.2) is 4.79 Å². The molecule has 3 fully saturated rings. The van der Waals surface area contributed by atoms with Crippen LogP contribution in [0.3, 0.4) is 0 Å². The van der Waals surface area contributed by atoms with Crippen molar-refractivity contribution >= 4 is 17.6 Å². The molecule has 1 spiro atoms. The quantitative estimate of drug-likeness (QED) is 0.708. The van der Waals surface area contributed by atoms with E-state index in [1.165, 1.54) is 12.1 Å². The molecule has 2 heterocycles. The Hall–Kier alpha value is -2.29. The maximum Gasteiger partial charge on any atom is 0.416 e. The van der Waals surface area contributed by atoms with Crippen LogP contribution in [0.5, 0.6) is 0 Å². The fraction of sp³-hybridized carbons (Fsp3) is 0.652. The highest BCUT2D eigenvalue weighted by Crippen LogP contribution is 2.41. The number of benzene rings is 1. The number of aliphatic hydroxyl groups excluding tert-OH is 1. The molecule has 0 atom stereocenters. The van der Waals surface area contributed by atoms with Gasteiger partial charge in [-0.05, 0) is 74.6 Å². The summed E-state index contributed by atoms with van der Waals surface area (Å²) in [4.78, 5) is 29.1. The number of carbonyl (C=O) groups excluding carboxylic acids is 2.